The van der Waals surface area contributed by atoms with Crippen LogP contribution in [0.3, 0.4) is 0 Å². The molecule has 0 amide bonds. The fourth-order valence-electron chi connectivity index (χ4n) is 0.653. The molecule has 0 aromatic carbocycles. The zero-order chi connectivity index (χ0) is 9.14. The molecule has 0 saturated heterocycles. The van der Waals surface area contributed by atoms with Crippen molar-refractivity contribution in [3.8, 4) is 5.88 Å². The zero-order valence-corrected chi connectivity index (χ0v) is 6.22. The lowest BCUT2D eigenvalue weighted by molar-refractivity contribution is 0.0753. The summed E-state index contributed by atoms with van der Waals surface area (Å²) in [4.78, 5) is 0. The molecule has 0 spiro atoms. The normalized spacial score (nSPS) is 10.8. The van der Waals surface area contributed by atoms with Crippen molar-refractivity contribution in [3.05, 3.63) is 12.0 Å². The molecule has 0 aliphatic heterocycles. The van der Waals surface area contributed by atoms with Crippen LogP contribution in [-0.2, 0) is 7.05 Å². The van der Waals surface area contributed by atoms with Crippen molar-refractivity contribution in [2.45, 2.75) is 6.43 Å². The van der Waals surface area contributed by atoms with Crippen molar-refractivity contribution in [3.63, 3.8) is 0 Å². The van der Waals surface area contributed by atoms with Gasteiger partial charge in [0.1, 0.15) is 0 Å². The Morgan fingerprint density at radius 1 is 1.67 bits per heavy atom. The second-order valence-electron chi connectivity index (χ2n) is 2.06. The molecule has 1 radical (unpaired) electrons. The predicted octanol–water partition coefficient (Wildman–Crippen LogP) is 1.00. The number of hydrogen-bond donors (Lipinski definition) is 0. The third-order valence-electron chi connectivity index (χ3n) is 1.13. The summed E-state index contributed by atoms with van der Waals surface area (Å²) in [6.45, 7) is -0.843. The van der Waals surface area contributed by atoms with Crippen LogP contribution >= 0.6 is 0 Å². The topological polar surface area (TPSA) is 27.1 Å². The van der Waals surface area contributed by atoms with E-state index in [1.165, 1.54) is 7.05 Å². The second-order valence-corrected chi connectivity index (χ2v) is 2.06. The summed E-state index contributed by atoms with van der Waals surface area (Å²) in [5.41, 5.74) is 0. The first-order valence-electron chi connectivity index (χ1n) is 3.12. The Labute approximate surface area is 66.7 Å². The van der Waals surface area contributed by atoms with E-state index in [2.05, 4.69) is 9.84 Å². The van der Waals surface area contributed by atoms with Gasteiger partial charge in [0.05, 0.1) is 0 Å². The number of rotatable bonds is 3. The predicted molar refractivity (Wildman–Crippen MR) is 33.5 cm³/mol. The monoisotopic (exact) mass is 179 g/mol. The maximum atomic E-state index is 12.6. The maximum Gasteiger partial charge on any atom is 0.272 e. The number of aromatic nitrogens is 2. The highest BCUT2D eigenvalue weighted by Gasteiger charge is 2.12. The van der Waals surface area contributed by atoms with Gasteiger partial charge in [0.15, 0.2) is 12.8 Å². The molecule has 0 unspecified atom stereocenters. The van der Waals surface area contributed by atoms with E-state index in [1.54, 1.807) is 0 Å². The smallest absolute Gasteiger partial charge is 0.272 e. The molecule has 0 N–H and O–H groups in total. The molecular weight excluding hydrogens is 173 g/mol. The van der Waals surface area contributed by atoms with E-state index < -0.39 is 18.8 Å². The van der Waals surface area contributed by atoms with E-state index in [1.807, 2.05) is 6.20 Å². The Morgan fingerprint density at radius 3 is 2.75 bits per heavy atom. The van der Waals surface area contributed by atoms with Gasteiger partial charge < -0.3 is 4.74 Å². The summed E-state index contributed by atoms with van der Waals surface area (Å²) in [5.74, 6) is -1.19. The lowest BCUT2D eigenvalue weighted by Gasteiger charge is -2.04. The van der Waals surface area contributed by atoms with Gasteiger partial charge in [-0.05, 0) is 0 Å². The summed E-state index contributed by atoms with van der Waals surface area (Å²) in [5, 5.41) is 3.34. The van der Waals surface area contributed by atoms with Crippen LogP contribution in [-0.4, -0.2) is 22.8 Å². The molecule has 0 fully saturated rings. The van der Waals surface area contributed by atoms with Gasteiger partial charge in [0.25, 0.3) is 6.43 Å². The minimum Gasteiger partial charge on any atom is -0.470 e. The van der Waals surface area contributed by atoms with Gasteiger partial charge in [0, 0.05) is 7.05 Å². The Balaban J connectivity index is 2.62. The van der Waals surface area contributed by atoms with Crippen molar-refractivity contribution >= 4 is 0 Å². The van der Waals surface area contributed by atoms with Gasteiger partial charge in [-0.25, -0.2) is 13.5 Å². The molecule has 6 heteroatoms. The fraction of sp³-hybridized carbons (Fsp3) is 0.500. The van der Waals surface area contributed by atoms with Crippen LogP contribution in [0.15, 0.2) is 0 Å². The average Bonchev–Trinajstić information content (AvgIpc) is 2.28. The first kappa shape index (κ1) is 8.89. The molecule has 1 aromatic heterocycles. The average molecular weight is 179 g/mol. The van der Waals surface area contributed by atoms with E-state index in [0.717, 1.165) is 4.68 Å². The van der Waals surface area contributed by atoms with Gasteiger partial charge >= 0.3 is 0 Å². The zero-order valence-electron chi connectivity index (χ0n) is 6.22. The number of nitrogens with zero attached hydrogens (tertiary/aromatic N) is 2. The fourth-order valence-corrected chi connectivity index (χ4v) is 0.653. The minimum absolute atomic E-state index is 0.324. The van der Waals surface area contributed by atoms with Crippen molar-refractivity contribution in [2.75, 3.05) is 6.61 Å². The highest BCUT2D eigenvalue weighted by atomic mass is 19.3. The van der Waals surface area contributed by atoms with Gasteiger partial charge in [-0.3, -0.25) is 0 Å². The van der Waals surface area contributed by atoms with Crippen molar-refractivity contribution in [1.29, 1.82) is 0 Å². The molecule has 0 aliphatic rings. The van der Waals surface area contributed by atoms with E-state index >= 15 is 0 Å². The van der Waals surface area contributed by atoms with Crippen LogP contribution in [0.5, 0.6) is 5.88 Å². The lowest BCUT2D eigenvalue weighted by atomic mass is 10.6. The van der Waals surface area contributed by atoms with E-state index in [9.17, 15) is 13.2 Å². The van der Waals surface area contributed by atoms with Crippen LogP contribution < -0.4 is 4.74 Å². The molecule has 12 heavy (non-hydrogen) atoms. The third-order valence-corrected chi connectivity index (χ3v) is 1.13. The Bertz CT molecular complexity index is 242. The lowest BCUT2D eigenvalue weighted by Crippen LogP contribution is -2.10. The Morgan fingerprint density at radius 2 is 2.33 bits per heavy atom. The van der Waals surface area contributed by atoms with E-state index in [-0.39, 0.29) is 5.88 Å². The number of ether oxygens (including phenoxy) is 1. The maximum absolute atomic E-state index is 12.6. The van der Waals surface area contributed by atoms with Crippen molar-refractivity contribution in [2.24, 2.45) is 7.05 Å². The van der Waals surface area contributed by atoms with Crippen LogP contribution in [0.1, 0.15) is 0 Å². The molecule has 0 atom stereocenters. The first-order valence-corrected chi connectivity index (χ1v) is 3.12. The Hall–Kier alpha value is -1.20. The summed E-state index contributed by atoms with van der Waals surface area (Å²) in [6, 6.07) is 0. The van der Waals surface area contributed by atoms with E-state index in [4.69, 9.17) is 0 Å². The van der Waals surface area contributed by atoms with Crippen LogP contribution in [0, 0.1) is 12.0 Å². The third kappa shape index (κ3) is 1.90. The Kier molecular flexibility index (Phi) is 2.57. The van der Waals surface area contributed by atoms with Gasteiger partial charge in [-0.2, -0.15) is 9.49 Å². The SMILES string of the molecule is Cn1n[c]c(F)c1OCC(F)F. The number of alkyl halides is 2. The summed E-state index contributed by atoms with van der Waals surface area (Å²) in [6.07, 6.45) is -0.689. The number of hydrogen-bond acceptors (Lipinski definition) is 2. The highest BCUT2D eigenvalue weighted by molar-refractivity contribution is 5.09. The molecular formula is C6H6F3N2O. The van der Waals surface area contributed by atoms with Gasteiger partial charge in [-0.15, -0.1) is 0 Å². The summed E-state index contributed by atoms with van der Waals surface area (Å²) in [7, 11) is 1.38. The number of aryl methyl sites for hydroxylation is 1. The molecule has 0 saturated carbocycles. The van der Waals surface area contributed by atoms with Crippen LogP contribution in [0.2, 0.25) is 0 Å². The first-order chi connectivity index (χ1) is 5.61. The molecule has 0 bridgehead atoms. The minimum atomic E-state index is -2.63. The molecule has 1 aromatic rings. The van der Waals surface area contributed by atoms with Crippen LogP contribution in [0.25, 0.3) is 0 Å². The number of halogens is 3. The summed E-state index contributed by atoms with van der Waals surface area (Å²) >= 11 is 0. The van der Waals surface area contributed by atoms with Gasteiger partial charge in [0.2, 0.25) is 11.7 Å². The van der Waals surface area contributed by atoms with Crippen molar-refractivity contribution in [1.82, 2.24) is 9.78 Å². The quantitative estimate of drug-likeness (QED) is 0.692. The van der Waals surface area contributed by atoms with Gasteiger partial charge in [-0.1, -0.05) is 0 Å². The standard InChI is InChI=1S/C6H6F3N2O/c1-11-6(4(7)2-10-11)12-3-5(8)9/h5H,3H2,1H3. The highest BCUT2D eigenvalue weighted by Crippen LogP contribution is 2.14. The molecule has 1 rings (SSSR count). The largest absolute Gasteiger partial charge is 0.470 e. The summed E-state index contributed by atoms with van der Waals surface area (Å²) < 4.78 is 41.2. The second kappa shape index (κ2) is 3.46. The van der Waals surface area contributed by atoms with E-state index in [0.29, 0.717) is 0 Å². The molecule has 67 valence electrons. The molecule has 1 heterocycles. The van der Waals surface area contributed by atoms with Crippen molar-refractivity contribution < 1.29 is 17.9 Å². The molecule has 3 nitrogen and oxygen atoms in total. The molecule has 0 aliphatic carbocycles. The van der Waals surface area contributed by atoms with Crippen LogP contribution in [0.4, 0.5) is 13.2 Å².